The lowest BCUT2D eigenvalue weighted by atomic mass is 9.85. The van der Waals surface area contributed by atoms with Gasteiger partial charge in [-0.1, -0.05) is 32.9 Å². The minimum atomic E-state index is -0.417. The molecule has 26 heavy (non-hydrogen) atoms. The summed E-state index contributed by atoms with van der Waals surface area (Å²) in [5, 5.41) is 11.5. The fourth-order valence-electron chi connectivity index (χ4n) is 3.47. The van der Waals surface area contributed by atoms with Gasteiger partial charge in [0.15, 0.2) is 0 Å². The van der Waals surface area contributed by atoms with Crippen molar-refractivity contribution in [3.05, 3.63) is 63.2 Å². The summed E-state index contributed by atoms with van der Waals surface area (Å²) in [6.45, 7) is 6.32. The second kappa shape index (κ2) is 6.44. The summed E-state index contributed by atoms with van der Waals surface area (Å²) in [4.78, 5) is 25.9. The van der Waals surface area contributed by atoms with Crippen LogP contribution in [0.25, 0.3) is 0 Å². The van der Waals surface area contributed by atoms with E-state index in [0.717, 1.165) is 24.1 Å². The first-order valence-electron chi connectivity index (χ1n) is 8.68. The maximum Gasteiger partial charge on any atom is 0.273 e. The number of nitro benzene ring substituents is 1. The van der Waals surface area contributed by atoms with Gasteiger partial charge in [-0.3, -0.25) is 14.9 Å². The summed E-state index contributed by atoms with van der Waals surface area (Å²) >= 11 is 0. The number of carbonyl (C=O) groups is 1. The SMILES string of the molecule is CC(C)(C)c1ccc(C(=O)N2CCCc3c(N)cccc32)cc1[N+](=O)[O-]. The van der Waals surface area contributed by atoms with Gasteiger partial charge in [0.2, 0.25) is 0 Å². The standard InChI is InChI=1S/C20H23N3O3/c1-20(2,3)15-10-9-13(12-18(15)23(25)26)19(24)22-11-5-6-14-16(21)7-4-8-17(14)22/h4,7-10,12H,5-6,11,21H2,1-3H3. The van der Waals surface area contributed by atoms with E-state index in [1.165, 1.54) is 6.07 Å². The van der Waals surface area contributed by atoms with Crippen LogP contribution in [0.2, 0.25) is 0 Å². The van der Waals surface area contributed by atoms with E-state index in [4.69, 9.17) is 5.73 Å². The number of anilines is 2. The molecule has 2 aromatic carbocycles. The van der Waals surface area contributed by atoms with Crippen molar-refractivity contribution in [2.75, 3.05) is 17.2 Å². The minimum Gasteiger partial charge on any atom is -0.398 e. The molecule has 0 saturated heterocycles. The molecule has 1 aliphatic rings. The monoisotopic (exact) mass is 353 g/mol. The lowest BCUT2D eigenvalue weighted by Gasteiger charge is -2.30. The Bertz CT molecular complexity index is 884. The Morgan fingerprint density at radius 3 is 2.62 bits per heavy atom. The molecule has 0 aromatic heterocycles. The van der Waals surface area contributed by atoms with Gasteiger partial charge in [-0.2, -0.15) is 0 Å². The molecule has 0 spiro atoms. The molecule has 0 atom stereocenters. The fraction of sp³-hybridized carbons (Fsp3) is 0.350. The molecule has 1 heterocycles. The van der Waals surface area contributed by atoms with E-state index in [1.807, 2.05) is 39.0 Å². The Morgan fingerprint density at radius 1 is 1.23 bits per heavy atom. The third kappa shape index (κ3) is 3.14. The van der Waals surface area contributed by atoms with Crippen LogP contribution in [-0.2, 0) is 11.8 Å². The summed E-state index contributed by atoms with van der Waals surface area (Å²) in [7, 11) is 0. The van der Waals surface area contributed by atoms with Gasteiger partial charge in [0.1, 0.15) is 0 Å². The van der Waals surface area contributed by atoms with Crippen LogP contribution in [0.3, 0.4) is 0 Å². The van der Waals surface area contributed by atoms with Gasteiger partial charge < -0.3 is 10.6 Å². The van der Waals surface area contributed by atoms with Crippen LogP contribution >= 0.6 is 0 Å². The first-order chi connectivity index (χ1) is 12.2. The van der Waals surface area contributed by atoms with Crippen LogP contribution in [-0.4, -0.2) is 17.4 Å². The highest BCUT2D eigenvalue weighted by molar-refractivity contribution is 6.07. The summed E-state index contributed by atoms with van der Waals surface area (Å²) in [6, 6.07) is 10.3. The van der Waals surface area contributed by atoms with Crippen molar-refractivity contribution in [1.82, 2.24) is 0 Å². The van der Waals surface area contributed by atoms with Crippen LogP contribution in [0.1, 0.15) is 48.7 Å². The quantitative estimate of drug-likeness (QED) is 0.501. The number of nitro groups is 1. The van der Waals surface area contributed by atoms with Gasteiger partial charge in [-0.25, -0.2) is 0 Å². The maximum absolute atomic E-state index is 13.1. The zero-order valence-electron chi connectivity index (χ0n) is 15.3. The lowest BCUT2D eigenvalue weighted by Crippen LogP contribution is -2.35. The fourth-order valence-corrected chi connectivity index (χ4v) is 3.47. The molecule has 0 unspecified atom stereocenters. The minimum absolute atomic E-state index is 0.0202. The van der Waals surface area contributed by atoms with E-state index in [1.54, 1.807) is 17.0 Å². The highest BCUT2D eigenvalue weighted by Gasteiger charge is 2.29. The molecule has 2 N–H and O–H groups in total. The summed E-state index contributed by atoms with van der Waals surface area (Å²) in [5.41, 5.74) is 9.02. The molecule has 0 saturated carbocycles. The van der Waals surface area contributed by atoms with Crippen molar-refractivity contribution < 1.29 is 9.72 Å². The van der Waals surface area contributed by atoms with Crippen molar-refractivity contribution >= 4 is 23.0 Å². The topological polar surface area (TPSA) is 89.5 Å². The number of fused-ring (bicyclic) bond motifs is 1. The Morgan fingerprint density at radius 2 is 1.96 bits per heavy atom. The number of benzene rings is 2. The van der Waals surface area contributed by atoms with Crippen molar-refractivity contribution in [2.45, 2.75) is 39.0 Å². The first kappa shape index (κ1) is 17.9. The second-order valence-electron chi connectivity index (χ2n) is 7.64. The second-order valence-corrected chi connectivity index (χ2v) is 7.64. The van der Waals surface area contributed by atoms with Crippen LogP contribution in [0.5, 0.6) is 0 Å². The number of nitrogens with two attached hydrogens (primary N) is 1. The van der Waals surface area contributed by atoms with E-state index in [2.05, 4.69) is 0 Å². The first-order valence-corrected chi connectivity index (χ1v) is 8.68. The zero-order chi connectivity index (χ0) is 19.1. The Kier molecular flexibility index (Phi) is 4.44. The van der Waals surface area contributed by atoms with Gasteiger partial charge in [0.05, 0.1) is 4.92 Å². The van der Waals surface area contributed by atoms with Crippen molar-refractivity contribution in [3.63, 3.8) is 0 Å². The molecule has 0 fully saturated rings. The van der Waals surface area contributed by atoms with Crippen LogP contribution in [0, 0.1) is 10.1 Å². The van der Waals surface area contributed by atoms with Gasteiger partial charge in [0.25, 0.3) is 11.6 Å². The van der Waals surface area contributed by atoms with Gasteiger partial charge >= 0.3 is 0 Å². The number of nitrogen functional groups attached to an aromatic ring is 1. The smallest absolute Gasteiger partial charge is 0.273 e. The predicted octanol–water partition coefficient (Wildman–Crippen LogP) is 4.07. The van der Waals surface area contributed by atoms with Crippen LogP contribution in [0.15, 0.2) is 36.4 Å². The van der Waals surface area contributed by atoms with E-state index < -0.39 is 4.92 Å². The highest BCUT2D eigenvalue weighted by atomic mass is 16.6. The average molecular weight is 353 g/mol. The number of hydrogen-bond donors (Lipinski definition) is 1. The van der Waals surface area contributed by atoms with Crippen molar-refractivity contribution in [2.24, 2.45) is 0 Å². The van der Waals surface area contributed by atoms with Gasteiger partial charge in [-0.05, 0) is 42.0 Å². The van der Waals surface area contributed by atoms with E-state index >= 15 is 0 Å². The molecular formula is C20H23N3O3. The zero-order valence-corrected chi connectivity index (χ0v) is 15.3. The molecule has 6 heteroatoms. The molecule has 6 nitrogen and oxygen atoms in total. The predicted molar refractivity (Wildman–Crippen MR) is 103 cm³/mol. The summed E-state index contributed by atoms with van der Waals surface area (Å²) < 4.78 is 0. The third-order valence-electron chi connectivity index (χ3n) is 4.78. The van der Waals surface area contributed by atoms with E-state index in [9.17, 15) is 14.9 Å². The molecule has 2 aromatic rings. The molecular weight excluding hydrogens is 330 g/mol. The maximum atomic E-state index is 13.1. The lowest BCUT2D eigenvalue weighted by molar-refractivity contribution is -0.386. The molecule has 1 aliphatic heterocycles. The number of hydrogen-bond acceptors (Lipinski definition) is 4. The van der Waals surface area contributed by atoms with Crippen LogP contribution in [0.4, 0.5) is 17.1 Å². The third-order valence-corrected chi connectivity index (χ3v) is 4.78. The molecule has 0 radical (unpaired) electrons. The Labute approximate surface area is 152 Å². The Balaban J connectivity index is 2.04. The number of carbonyl (C=O) groups excluding carboxylic acids is 1. The number of rotatable bonds is 2. The van der Waals surface area contributed by atoms with Gasteiger partial charge in [-0.15, -0.1) is 0 Å². The highest BCUT2D eigenvalue weighted by Crippen LogP contribution is 2.35. The average Bonchev–Trinajstić information content (AvgIpc) is 2.59. The number of nitrogens with zero attached hydrogens (tertiary/aromatic N) is 2. The van der Waals surface area contributed by atoms with E-state index in [0.29, 0.717) is 23.4 Å². The normalized spacial score (nSPS) is 14.0. The summed E-state index contributed by atoms with van der Waals surface area (Å²) in [6.07, 6.45) is 1.64. The largest absolute Gasteiger partial charge is 0.398 e. The van der Waals surface area contributed by atoms with E-state index in [-0.39, 0.29) is 17.0 Å². The molecule has 0 bridgehead atoms. The summed E-state index contributed by atoms with van der Waals surface area (Å²) in [5.74, 6) is -0.236. The van der Waals surface area contributed by atoms with Crippen molar-refractivity contribution in [3.8, 4) is 0 Å². The molecule has 0 aliphatic carbocycles. The number of amides is 1. The van der Waals surface area contributed by atoms with Crippen molar-refractivity contribution in [1.29, 1.82) is 0 Å². The Hall–Kier alpha value is -2.89. The molecule has 3 rings (SSSR count). The molecule has 136 valence electrons. The molecule has 1 amide bonds. The van der Waals surface area contributed by atoms with Crippen LogP contribution < -0.4 is 10.6 Å². The van der Waals surface area contributed by atoms with Gasteiger partial charge in [0, 0.05) is 35.1 Å².